The van der Waals surface area contributed by atoms with Crippen LogP contribution in [0.4, 0.5) is 0 Å². The lowest BCUT2D eigenvalue weighted by Gasteiger charge is -2.27. The minimum absolute atomic E-state index is 0.0147. The number of nitrogens with one attached hydrogen (secondary N) is 2. The second kappa shape index (κ2) is 3.79. The van der Waals surface area contributed by atoms with Gasteiger partial charge >= 0.3 is 0 Å². The number of hydrogen-bond acceptors (Lipinski definition) is 4. The summed E-state index contributed by atoms with van der Waals surface area (Å²) in [6.45, 7) is 1.39. The van der Waals surface area contributed by atoms with Crippen LogP contribution < -0.4 is 10.0 Å². The predicted octanol–water partition coefficient (Wildman–Crippen LogP) is 0.652. The molecule has 2 rings (SSSR count). The van der Waals surface area contributed by atoms with Crippen molar-refractivity contribution in [3.8, 4) is 0 Å². The smallest absolute Gasteiger partial charge is 0.250 e. The Morgan fingerprint density at radius 3 is 2.64 bits per heavy atom. The summed E-state index contributed by atoms with van der Waals surface area (Å²) < 4.78 is 26.7. The molecule has 1 aromatic rings. The van der Waals surface area contributed by atoms with Gasteiger partial charge < -0.3 is 5.32 Å². The van der Waals surface area contributed by atoms with E-state index in [0.717, 1.165) is 11.3 Å². The maximum absolute atomic E-state index is 11.7. The lowest BCUT2D eigenvalue weighted by molar-refractivity contribution is 0.410. The van der Waals surface area contributed by atoms with E-state index in [9.17, 15) is 8.42 Å². The zero-order chi connectivity index (χ0) is 10.2. The summed E-state index contributed by atoms with van der Waals surface area (Å²) in [6.07, 6.45) is 0. The normalized spacial score (nSPS) is 18.1. The number of thiophene rings is 1. The molecule has 1 aliphatic rings. The largest absolute Gasteiger partial charge is 0.313 e. The Morgan fingerprint density at radius 1 is 1.50 bits per heavy atom. The van der Waals surface area contributed by atoms with E-state index in [1.165, 1.54) is 6.07 Å². The molecule has 1 aromatic heterocycles. The van der Waals surface area contributed by atoms with Gasteiger partial charge in [0.25, 0.3) is 0 Å². The van der Waals surface area contributed by atoms with Crippen LogP contribution in [0.2, 0.25) is 4.34 Å². The Hall–Kier alpha value is -0.140. The van der Waals surface area contributed by atoms with Crippen molar-refractivity contribution in [1.82, 2.24) is 10.0 Å². The van der Waals surface area contributed by atoms with E-state index >= 15 is 0 Å². The molecule has 14 heavy (non-hydrogen) atoms. The van der Waals surface area contributed by atoms with Gasteiger partial charge in [-0.3, -0.25) is 0 Å². The van der Waals surface area contributed by atoms with Gasteiger partial charge in [0.1, 0.15) is 4.21 Å². The van der Waals surface area contributed by atoms with Crippen molar-refractivity contribution >= 4 is 33.0 Å². The highest BCUT2D eigenvalue weighted by Gasteiger charge is 2.25. The van der Waals surface area contributed by atoms with Gasteiger partial charge in [0.2, 0.25) is 10.0 Å². The van der Waals surface area contributed by atoms with Crippen LogP contribution in [0.5, 0.6) is 0 Å². The maximum atomic E-state index is 11.7. The average molecular weight is 253 g/mol. The first-order chi connectivity index (χ1) is 6.58. The monoisotopic (exact) mass is 252 g/mol. The topological polar surface area (TPSA) is 58.2 Å². The van der Waals surface area contributed by atoms with Gasteiger partial charge in [0, 0.05) is 19.1 Å². The van der Waals surface area contributed by atoms with Crippen LogP contribution in [0.3, 0.4) is 0 Å². The molecule has 4 nitrogen and oxygen atoms in total. The van der Waals surface area contributed by atoms with Crippen LogP contribution >= 0.6 is 22.9 Å². The molecule has 0 aromatic carbocycles. The number of sulfonamides is 1. The summed E-state index contributed by atoms with van der Waals surface area (Å²) in [7, 11) is -3.36. The Kier molecular flexibility index (Phi) is 2.81. The Bertz CT molecular complexity index is 425. The maximum Gasteiger partial charge on any atom is 0.250 e. The fourth-order valence-electron chi connectivity index (χ4n) is 1.09. The van der Waals surface area contributed by atoms with Gasteiger partial charge in [-0.25, -0.2) is 13.1 Å². The van der Waals surface area contributed by atoms with Crippen molar-refractivity contribution < 1.29 is 8.42 Å². The van der Waals surface area contributed by atoms with Gasteiger partial charge in [-0.15, -0.1) is 11.3 Å². The molecule has 78 valence electrons. The summed E-state index contributed by atoms with van der Waals surface area (Å²) in [5, 5.41) is 2.99. The van der Waals surface area contributed by atoms with Crippen LogP contribution in [0.15, 0.2) is 16.3 Å². The quantitative estimate of drug-likeness (QED) is 0.831. The standard InChI is InChI=1S/C7H9ClN2O2S2/c8-6-1-2-7(13-6)14(11,12)10-5-3-9-4-5/h1-2,5,9-10H,3-4H2. The molecule has 1 saturated heterocycles. The first-order valence-electron chi connectivity index (χ1n) is 4.06. The van der Waals surface area contributed by atoms with Crippen LogP contribution in [-0.2, 0) is 10.0 Å². The molecular formula is C7H9ClN2O2S2. The average Bonchev–Trinajstić information content (AvgIpc) is 2.45. The van der Waals surface area contributed by atoms with Crippen molar-refractivity contribution in [2.45, 2.75) is 10.3 Å². The Labute approximate surface area is 91.3 Å². The van der Waals surface area contributed by atoms with Crippen LogP contribution in [0, 0.1) is 0 Å². The number of halogens is 1. The summed E-state index contributed by atoms with van der Waals surface area (Å²) in [6, 6.07) is 3.11. The second-order valence-electron chi connectivity index (χ2n) is 3.04. The van der Waals surface area contributed by atoms with Gasteiger partial charge in [-0.2, -0.15) is 0 Å². The highest BCUT2D eigenvalue weighted by molar-refractivity contribution is 7.91. The molecule has 2 N–H and O–H groups in total. The van der Waals surface area contributed by atoms with Crippen molar-refractivity contribution in [2.75, 3.05) is 13.1 Å². The van der Waals surface area contributed by atoms with Crippen LogP contribution in [0.25, 0.3) is 0 Å². The molecule has 0 aliphatic carbocycles. The van der Waals surface area contributed by atoms with E-state index in [1.807, 2.05) is 0 Å². The number of rotatable bonds is 3. The van der Waals surface area contributed by atoms with Gasteiger partial charge in [-0.05, 0) is 12.1 Å². The zero-order valence-corrected chi connectivity index (χ0v) is 9.55. The molecule has 2 heterocycles. The van der Waals surface area contributed by atoms with E-state index in [0.29, 0.717) is 17.4 Å². The summed E-state index contributed by atoms with van der Waals surface area (Å²) >= 11 is 6.73. The van der Waals surface area contributed by atoms with E-state index in [2.05, 4.69) is 10.0 Å². The van der Waals surface area contributed by atoms with E-state index in [4.69, 9.17) is 11.6 Å². The number of hydrogen-bond donors (Lipinski definition) is 2. The first kappa shape index (κ1) is 10.4. The van der Waals surface area contributed by atoms with Crippen molar-refractivity contribution in [3.63, 3.8) is 0 Å². The third kappa shape index (κ3) is 2.09. The minimum Gasteiger partial charge on any atom is -0.313 e. The third-order valence-electron chi connectivity index (χ3n) is 1.92. The van der Waals surface area contributed by atoms with E-state index < -0.39 is 10.0 Å². The molecule has 0 unspecified atom stereocenters. The molecule has 1 aliphatic heterocycles. The highest BCUT2D eigenvalue weighted by Crippen LogP contribution is 2.25. The summed E-state index contributed by atoms with van der Waals surface area (Å²) in [4.78, 5) is 0. The summed E-state index contributed by atoms with van der Waals surface area (Å²) in [5.74, 6) is 0. The molecule has 0 spiro atoms. The van der Waals surface area contributed by atoms with Gasteiger partial charge in [0.15, 0.2) is 0 Å². The second-order valence-corrected chi connectivity index (χ2v) is 6.69. The molecule has 0 atom stereocenters. The minimum atomic E-state index is -3.36. The summed E-state index contributed by atoms with van der Waals surface area (Å²) in [5.41, 5.74) is 0. The lowest BCUT2D eigenvalue weighted by Crippen LogP contribution is -2.56. The van der Waals surface area contributed by atoms with E-state index in [1.54, 1.807) is 6.07 Å². The fraction of sp³-hybridized carbons (Fsp3) is 0.429. The van der Waals surface area contributed by atoms with Crippen LogP contribution in [0.1, 0.15) is 0 Å². The van der Waals surface area contributed by atoms with Gasteiger partial charge in [-0.1, -0.05) is 11.6 Å². The van der Waals surface area contributed by atoms with Crippen molar-refractivity contribution in [3.05, 3.63) is 16.5 Å². The van der Waals surface area contributed by atoms with E-state index in [-0.39, 0.29) is 10.3 Å². The Balaban J connectivity index is 2.15. The highest BCUT2D eigenvalue weighted by atomic mass is 35.5. The van der Waals surface area contributed by atoms with Crippen molar-refractivity contribution in [2.24, 2.45) is 0 Å². The zero-order valence-electron chi connectivity index (χ0n) is 7.16. The molecule has 0 amide bonds. The molecule has 0 radical (unpaired) electrons. The molecule has 7 heteroatoms. The lowest BCUT2D eigenvalue weighted by atomic mass is 10.2. The SMILES string of the molecule is O=S(=O)(NC1CNC1)c1ccc(Cl)s1. The Morgan fingerprint density at radius 2 is 2.21 bits per heavy atom. The molecular weight excluding hydrogens is 244 g/mol. The van der Waals surface area contributed by atoms with Gasteiger partial charge in [0.05, 0.1) is 4.34 Å². The third-order valence-corrected chi connectivity index (χ3v) is 5.16. The molecule has 1 fully saturated rings. The molecule has 0 saturated carbocycles. The molecule has 0 bridgehead atoms. The van der Waals surface area contributed by atoms with Crippen LogP contribution in [-0.4, -0.2) is 27.5 Å². The fourth-order valence-corrected chi connectivity index (χ4v) is 3.83. The van der Waals surface area contributed by atoms with Crippen molar-refractivity contribution in [1.29, 1.82) is 0 Å². The predicted molar refractivity (Wildman–Crippen MR) is 56.3 cm³/mol. The first-order valence-corrected chi connectivity index (χ1v) is 6.74.